The van der Waals surface area contributed by atoms with E-state index in [1.807, 2.05) is 19.1 Å². The van der Waals surface area contributed by atoms with E-state index in [1.54, 1.807) is 4.90 Å². The van der Waals surface area contributed by atoms with Gasteiger partial charge in [-0.05, 0) is 25.0 Å². The van der Waals surface area contributed by atoms with Gasteiger partial charge >= 0.3 is 6.03 Å². The number of thiophene rings is 1. The van der Waals surface area contributed by atoms with Crippen LogP contribution in [0.3, 0.4) is 0 Å². The maximum Gasteiger partial charge on any atom is 0.322 e. The van der Waals surface area contributed by atoms with E-state index in [1.165, 1.54) is 11.3 Å². The van der Waals surface area contributed by atoms with Crippen LogP contribution in [0, 0.1) is 0 Å². The highest BCUT2D eigenvalue weighted by atomic mass is 32.1. The summed E-state index contributed by atoms with van der Waals surface area (Å²) >= 11 is 1.48. The highest BCUT2D eigenvalue weighted by Gasteiger charge is 2.51. The maximum absolute atomic E-state index is 12.4. The van der Waals surface area contributed by atoms with Crippen molar-refractivity contribution in [1.82, 2.24) is 15.5 Å². The summed E-state index contributed by atoms with van der Waals surface area (Å²) in [5.41, 5.74) is -0.933. The molecule has 106 valence electrons. The molecule has 3 heterocycles. The Hall–Kier alpha value is -1.89. The van der Waals surface area contributed by atoms with Crippen LogP contribution >= 0.6 is 11.3 Å². The first-order valence-corrected chi connectivity index (χ1v) is 7.37. The second-order valence-corrected chi connectivity index (χ2v) is 6.25. The first-order valence-electron chi connectivity index (χ1n) is 6.56. The second kappa shape index (κ2) is 4.59. The first-order chi connectivity index (χ1) is 9.54. The van der Waals surface area contributed by atoms with Gasteiger partial charge in [-0.15, -0.1) is 11.3 Å². The van der Waals surface area contributed by atoms with Gasteiger partial charge in [0.05, 0.1) is 11.4 Å². The number of amides is 4. The number of hydrogen-bond acceptors (Lipinski definition) is 4. The van der Waals surface area contributed by atoms with Gasteiger partial charge in [0.15, 0.2) is 0 Å². The zero-order valence-electron chi connectivity index (χ0n) is 11.1. The molecule has 2 fully saturated rings. The molecular formula is C13H15N3O3S. The molecule has 0 aliphatic carbocycles. The van der Waals surface area contributed by atoms with Crippen LogP contribution in [-0.4, -0.2) is 41.4 Å². The molecule has 1 aromatic rings. The lowest BCUT2D eigenvalue weighted by molar-refractivity contribution is -0.123. The molecule has 7 heteroatoms. The van der Waals surface area contributed by atoms with Gasteiger partial charge in [-0.3, -0.25) is 14.9 Å². The van der Waals surface area contributed by atoms with Crippen LogP contribution in [-0.2, 0) is 11.2 Å². The van der Waals surface area contributed by atoms with Gasteiger partial charge in [0, 0.05) is 11.4 Å². The van der Waals surface area contributed by atoms with Crippen molar-refractivity contribution in [3.63, 3.8) is 0 Å². The molecule has 0 aromatic carbocycles. The highest BCUT2D eigenvalue weighted by Crippen LogP contribution is 2.27. The number of rotatable bonds is 2. The van der Waals surface area contributed by atoms with Crippen LogP contribution < -0.4 is 10.6 Å². The van der Waals surface area contributed by atoms with Crippen LogP contribution in [0.2, 0.25) is 0 Å². The number of likely N-dealkylation sites (tertiary alicyclic amines) is 1. The minimum absolute atomic E-state index is 0.0690. The molecule has 2 saturated heterocycles. The van der Waals surface area contributed by atoms with E-state index in [0.717, 1.165) is 11.3 Å². The lowest BCUT2D eigenvalue weighted by atomic mass is 10.00. The summed E-state index contributed by atoms with van der Waals surface area (Å²) in [6.07, 6.45) is 1.36. The number of urea groups is 1. The van der Waals surface area contributed by atoms with E-state index < -0.39 is 11.6 Å². The maximum atomic E-state index is 12.4. The van der Waals surface area contributed by atoms with Gasteiger partial charge in [-0.25, -0.2) is 4.79 Å². The number of hydrogen-bond donors (Lipinski definition) is 2. The predicted molar refractivity (Wildman–Crippen MR) is 73.6 cm³/mol. The fraction of sp³-hybridized carbons (Fsp3) is 0.462. The molecule has 4 amide bonds. The Labute approximate surface area is 120 Å². The Morgan fingerprint density at radius 1 is 1.45 bits per heavy atom. The predicted octanol–water partition coefficient (Wildman–Crippen LogP) is 0.735. The monoisotopic (exact) mass is 293 g/mol. The fourth-order valence-electron chi connectivity index (χ4n) is 2.64. The van der Waals surface area contributed by atoms with E-state index >= 15 is 0 Å². The summed E-state index contributed by atoms with van der Waals surface area (Å²) in [5.74, 6) is -0.404. The third-order valence-electron chi connectivity index (χ3n) is 3.79. The molecule has 20 heavy (non-hydrogen) atoms. The average molecular weight is 293 g/mol. The second-order valence-electron chi connectivity index (χ2n) is 5.09. The Balaban J connectivity index is 1.75. The third-order valence-corrected chi connectivity index (χ3v) is 5.01. The largest absolute Gasteiger partial charge is 0.335 e. The van der Waals surface area contributed by atoms with Crippen LogP contribution in [0.25, 0.3) is 0 Å². The van der Waals surface area contributed by atoms with Crippen molar-refractivity contribution in [1.29, 1.82) is 0 Å². The molecule has 2 aliphatic rings. The van der Waals surface area contributed by atoms with Crippen LogP contribution in [0.5, 0.6) is 0 Å². The molecule has 0 bridgehead atoms. The van der Waals surface area contributed by atoms with Crippen molar-refractivity contribution in [2.45, 2.75) is 25.3 Å². The SMILES string of the molecule is CCc1ccc(C(=O)N2CC[C@@]3(C2)NC(=O)NC3=O)s1. The Morgan fingerprint density at radius 3 is 2.85 bits per heavy atom. The van der Waals surface area contributed by atoms with E-state index in [-0.39, 0.29) is 18.4 Å². The molecule has 0 saturated carbocycles. The summed E-state index contributed by atoms with van der Waals surface area (Å²) in [7, 11) is 0. The summed E-state index contributed by atoms with van der Waals surface area (Å²) in [6.45, 7) is 2.76. The first kappa shape index (κ1) is 13.1. The number of carbonyl (C=O) groups excluding carboxylic acids is 3. The van der Waals surface area contributed by atoms with Crippen molar-refractivity contribution in [2.24, 2.45) is 0 Å². The van der Waals surface area contributed by atoms with Crippen molar-refractivity contribution in [3.05, 3.63) is 21.9 Å². The summed E-state index contributed by atoms with van der Waals surface area (Å²) < 4.78 is 0. The van der Waals surface area contributed by atoms with Crippen LogP contribution in [0.1, 0.15) is 27.9 Å². The molecule has 1 spiro atoms. The average Bonchev–Trinajstić information content (AvgIpc) is 3.10. The number of nitrogens with zero attached hydrogens (tertiary/aromatic N) is 1. The van der Waals surface area contributed by atoms with E-state index in [9.17, 15) is 14.4 Å². The summed E-state index contributed by atoms with van der Waals surface area (Å²) in [6, 6.07) is 3.30. The van der Waals surface area contributed by atoms with Crippen LogP contribution in [0.15, 0.2) is 12.1 Å². The molecular weight excluding hydrogens is 278 g/mol. The van der Waals surface area contributed by atoms with Gasteiger partial charge in [0.2, 0.25) is 0 Å². The fourth-order valence-corrected chi connectivity index (χ4v) is 3.55. The third kappa shape index (κ3) is 1.98. The lowest BCUT2D eigenvalue weighted by Crippen LogP contribution is -2.49. The molecule has 0 unspecified atom stereocenters. The van der Waals surface area contributed by atoms with Crippen molar-refractivity contribution < 1.29 is 14.4 Å². The van der Waals surface area contributed by atoms with Gasteiger partial charge in [0.25, 0.3) is 11.8 Å². The quantitative estimate of drug-likeness (QED) is 0.789. The molecule has 2 N–H and O–H groups in total. The number of imide groups is 1. The van der Waals surface area contributed by atoms with Gasteiger partial charge < -0.3 is 10.2 Å². The van der Waals surface area contributed by atoms with E-state index in [2.05, 4.69) is 10.6 Å². The standard InChI is InChI=1S/C13H15N3O3S/c1-2-8-3-4-9(20-8)10(17)16-6-5-13(7-16)11(18)14-12(19)15-13/h3-4H,2,5-7H2,1H3,(H2,14,15,18,19)/t13-/m0/s1. The topological polar surface area (TPSA) is 78.5 Å². The van der Waals surface area contributed by atoms with Gasteiger partial charge in [-0.1, -0.05) is 6.92 Å². The zero-order chi connectivity index (χ0) is 14.3. The minimum Gasteiger partial charge on any atom is -0.335 e. The lowest BCUT2D eigenvalue weighted by Gasteiger charge is -2.20. The van der Waals surface area contributed by atoms with E-state index in [0.29, 0.717) is 17.8 Å². The number of aryl methyl sites for hydroxylation is 1. The van der Waals surface area contributed by atoms with Crippen molar-refractivity contribution in [3.8, 4) is 0 Å². The van der Waals surface area contributed by atoms with Crippen molar-refractivity contribution >= 4 is 29.2 Å². The van der Waals surface area contributed by atoms with Crippen LogP contribution in [0.4, 0.5) is 4.79 Å². The Bertz CT molecular complexity index is 597. The number of carbonyl (C=O) groups is 3. The Kier molecular flexibility index (Phi) is 3.01. The highest BCUT2D eigenvalue weighted by molar-refractivity contribution is 7.14. The minimum atomic E-state index is -0.933. The molecule has 3 rings (SSSR count). The summed E-state index contributed by atoms with van der Waals surface area (Å²) in [5, 5.41) is 4.88. The molecule has 1 aromatic heterocycles. The van der Waals surface area contributed by atoms with Crippen molar-refractivity contribution in [2.75, 3.05) is 13.1 Å². The smallest absolute Gasteiger partial charge is 0.322 e. The molecule has 1 atom stereocenters. The molecule has 0 radical (unpaired) electrons. The molecule has 6 nitrogen and oxygen atoms in total. The van der Waals surface area contributed by atoms with Gasteiger partial charge in [-0.2, -0.15) is 0 Å². The normalized spacial score (nSPS) is 25.1. The van der Waals surface area contributed by atoms with Gasteiger partial charge in [0.1, 0.15) is 5.54 Å². The van der Waals surface area contributed by atoms with E-state index in [4.69, 9.17) is 0 Å². The zero-order valence-corrected chi connectivity index (χ0v) is 11.9. The summed E-state index contributed by atoms with van der Waals surface area (Å²) in [4.78, 5) is 39.0. The number of nitrogens with one attached hydrogen (secondary N) is 2. The molecule has 2 aliphatic heterocycles. The Morgan fingerprint density at radius 2 is 2.25 bits per heavy atom.